The van der Waals surface area contributed by atoms with E-state index < -0.39 is 113 Å². The minimum atomic E-state index is -1.99. The molecule has 0 fully saturated rings. The number of aromatic nitrogens is 1. The lowest BCUT2D eigenvalue weighted by Gasteiger charge is -2.22. The number of H-pyrrole nitrogens is 1. The Morgan fingerprint density at radius 1 is 0.583 bits per heavy atom. The zero-order valence-corrected chi connectivity index (χ0v) is 51.0. The number of carbonyl (C=O) groups is 1. The van der Waals surface area contributed by atoms with E-state index in [-0.39, 0.29) is 87.4 Å². The van der Waals surface area contributed by atoms with Crippen LogP contribution in [0.5, 0.6) is 51.7 Å². The Bertz CT molecular complexity index is 4670. The van der Waals surface area contributed by atoms with Crippen LogP contribution in [-0.4, -0.2) is 143 Å². The minimum absolute atomic E-state index is 0.0176. The third-order valence-electron chi connectivity index (χ3n) is 16.2. The van der Waals surface area contributed by atoms with Crippen LogP contribution in [0.2, 0.25) is 5.02 Å². The van der Waals surface area contributed by atoms with E-state index in [1.807, 2.05) is 30.3 Å². The number of rotatable bonds is 10. The van der Waals surface area contributed by atoms with Crippen molar-refractivity contribution in [1.82, 2.24) is 10.3 Å². The van der Waals surface area contributed by atoms with Crippen LogP contribution in [0.25, 0.3) is 22.0 Å². The molecule has 8 aromatic carbocycles. The number of phenolic OH excluding ortho intramolecular Hbond substituents is 5. The number of hydrogen-bond acceptors (Lipinski definition) is 15. The van der Waals surface area contributed by atoms with Gasteiger partial charge in [-0.3, -0.25) is 0 Å². The van der Waals surface area contributed by atoms with Gasteiger partial charge < -0.3 is 86.2 Å². The van der Waals surface area contributed by atoms with E-state index in [2.05, 4.69) is 45.2 Å². The molecule has 7 unspecified atom stereocenters. The SMILES string of the molecule is O=C(O)C1N=C(O)C2Cc3ccc(cc3)Oc3cc4cc(c3O)-c3ccc5c(c[nH]c5c3)CC(N=C(O)C(Cc3ccc(O)cc3)NC(O)=NCCc3ccccc3)C(O)=NC(c3cc(O)cc(O)c3)C(O)=NC4C(O)=NC(C(O)=N2)c2ccc(c(Cl)c2)Oc2cc1ccc2O. The molecule has 0 radical (unpaired) electrons. The van der Waals surface area contributed by atoms with Crippen molar-refractivity contribution >= 4 is 69.9 Å². The van der Waals surface area contributed by atoms with Gasteiger partial charge in [0, 0.05) is 54.5 Å². The average Bonchev–Trinajstić information content (AvgIpc) is 1.36. The third-order valence-corrected chi connectivity index (χ3v) is 16.5. The molecular weight excluding hydrogens is 1260 g/mol. The second-order valence-electron chi connectivity index (χ2n) is 22.9. The molecule has 15 bridgehead atoms. The Morgan fingerprint density at radius 2 is 1.25 bits per heavy atom. The fourth-order valence-electron chi connectivity index (χ4n) is 11.3. The minimum Gasteiger partial charge on any atom is -0.508 e. The summed E-state index contributed by atoms with van der Waals surface area (Å²) >= 11 is 6.90. The van der Waals surface area contributed by atoms with Gasteiger partial charge in [0.05, 0.1) is 5.02 Å². The molecule has 488 valence electrons. The Morgan fingerprint density at radius 3 is 1.96 bits per heavy atom. The first-order chi connectivity index (χ1) is 46.2. The highest BCUT2D eigenvalue weighted by Crippen LogP contribution is 2.45. The number of aliphatic hydroxyl groups excluding tert-OH is 7. The number of phenols is 5. The lowest BCUT2D eigenvalue weighted by Crippen LogP contribution is -2.43. The van der Waals surface area contributed by atoms with E-state index in [1.165, 1.54) is 72.8 Å². The molecule has 0 amide bonds. The first-order valence-corrected chi connectivity index (χ1v) is 30.3. The van der Waals surface area contributed by atoms with Crippen LogP contribution in [0, 0.1) is 0 Å². The van der Waals surface area contributed by atoms with Gasteiger partial charge in [0.25, 0.3) is 6.02 Å². The Hall–Kier alpha value is -12.3. The highest BCUT2D eigenvalue weighted by Gasteiger charge is 2.34. The Balaban J connectivity index is 1.06. The Labute approximate surface area is 550 Å². The van der Waals surface area contributed by atoms with Crippen molar-refractivity contribution in [1.29, 1.82) is 0 Å². The summed E-state index contributed by atoms with van der Waals surface area (Å²) in [6.07, 6.45) is 1.47. The number of aliphatic hydroxyl groups is 7. The number of amidine groups is 1. The van der Waals surface area contributed by atoms with E-state index in [0.29, 0.717) is 39.6 Å². The summed E-state index contributed by atoms with van der Waals surface area (Å²) in [5.41, 5.74) is 2.96. The molecule has 0 saturated heterocycles. The highest BCUT2D eigenvalue weighted by molar-refractivity contribution is 6.32. The molecule has 6 aliphatic heterocycles. The quantitative estimate of drug-likeness (QED) is 0.0447. The van der Waals surface area contributed by atoms with Gasteiger partial charge >= 0.3 is 5.97 Å². The lowest BCUT2D eigenvalue weighted by atomic mass is 9.95. The van der Waals surface area contributed by atoms with Crippen LogP contribution in [0.4, 0.5) is 0 Å². The first kappa shape index (κ1) is 63.9. The Kier molecular flexibility index (Phi) is 18.1. The predicted octanol–water partition coefficient (Wildman–Crippen LogP) is 12.2. The third kappa shape index (κ3) is 14.2. The van der Waals surface area contributed by atoms with Crippen molar-refractivity contribution in [3.8, 4) is 62.9 Å². The van der Waals surface area contributed by atoms with Crippen LogP contribution in [0.3, 0.4) is 0 Å². The number of nitrogens with one attached hydrogen (secondary N) is 2. The summed E-state index contributed by atoms with van der Waals surface area (Å²) in [7, 11) is 0. The van der Waals surface area contributed by atoms with Gasteiger partial charge in [-0.15, -0.1) is 0 Å². The summed E-state index contributed by atoms with van der Waals surface area (Å²) in [5.74, 6) is -9.48. The maximum atomic E-state index is 13.0. The summed E-state index contributed by atoms with van der Waals surface area (Å²) in [5, 5.41) is 155. The van der Waals surface area contributed by atoms with Gasteiger partial charge in [0.2, 0.25) is 35.4 Å². The van der Waals surface area contributed by atoms with Crippen molar-refractivity contribution in [2.75, 3.05) is 6.54 Å². The predicted molar refractivity (Wildman–Crippen MR) is 359 cm³/mol. The molecule has 7 heterocycles. The van der Waals surface area contributed by atoms with Crippen molar-refractivity contribution in [3.63, 3.8) is 0 Å². The topological polar surface area (TPSA) is 413 Å². The number of carboxylic acid groups (broad SMARTS) is 1. The molecule has 7 atom stereocenters. The normalized spacial score (nSPS) is 19.4. The monoisotopic (exact) mass is 1320 g/mol. The van der Waals surface area contributed by atoms with Crippen LogP contribution < -0.4 is 14.8 Å². The smallest absolute Gasteiger partial charge is 0.333 e. The van der Waals surface area contributed by atoms with Crippen LogP contribution >= 0.6 is 11.6 Å². The molecule has 0 aliphatic carbocycles. The number of halogens is 1. The van der Waals surface area contributed by atoms with Crippen LogP contribution in [0.1, 0.15) is 68.7 Å². The zero-order valence-electron chi connectivity index (χ0n) is 50.3. The van der Waals surface area contributed by atoms with E-state index in [4.69, 9.17) is 21.1 Å². The summed E-state index contributed by atoms with van der Waals surface area (Å²) in [6.45, 7) is 0.138. The van der Waals surface area contributed by atoms with Gasteiger partial charge in [-0.05, 0) is 135 Å². The van der Waals surface area contributed by atoms with Gasteiger partial charge in [-0.2, -0.15) is 0 Å². The van der Waals surface area contributed by atoms with Gasteiger partial charge in [-0.1, -0.05) is 90.5 Å². The molecule has 9 aromatic rings. The molecule has 1 aromatic heterocycles. The number of fused-ring (bicyclic) bond motifs is 10. The second kappa shape index (κ2) is 27.1. The average molecular weight is 1320 g/mol. The van der Waals surface area contributed by atoms with Crippen molar-refractivity contribution < 1.29 is 80.7 Å². The number of aliphatic carboxylic acids is 1. The van der Waals surface area contributed by atoms with Gasteiger partial charge in [-0.25, -0.2) is 39.7 Å². The molecular formula is C70H60ClN9O16. The number of aliphatic imine (C=N–C) groups is 7. The fourth-order valence-corrected chi connectivity index (χ4v) is 11.6. The van der Waals surface area contributed by atoms with E-state index in [0.717, 1.165) is 23.8 Å². The molecule has 0 spiro atoms. The van der Waals surface area contributed by atoms with E-state index >= 15 is 0 Å². The summed E-state index contributed by atoms with van der Waals surface area (Å²) in [4.78, 5) is 47.6. The summed E-state index contributed by atoms with van der Waals surface area (Å²) < 4.78 is 12.4. The maximum absolute atomic E-state index is 13.0. The van der Waals surface area contributed by atoms with E-state index in [9.17, 15) is 71.2 Å². The molecule has 25 nitrogen and oxygen atoms in total. The molecule has 15 N–H and O–H groups in total. The molecule has 6 aliphatic rings. The number of aromatic amines is 1. The number of benzene rings is 8. The largest absolute Gasteiger partial charge is 0.508 e. The van der Waals surface area contributed by atoms with Gasteiger partial charge in [0.1, 0.15) is 46.9 Å². The van der Waals surface area contributed by atoms with Crippen molar-refractivity contribution in [2.24, 2.45) is 34.9 Å². The van der Waals surface area contributed by atoms with Crippen LogP contribution in [-0.2, 0) is 30.5 Å². The summed E-state index contributed by atoms with van der Waals surface area (Å²) in [6, 6.07) is 27.5. The number of carboxylic acids is 1. The molecule has 0 saturated carbocycles. The van der Waals surface area contributed by atoms with Crippen molar-refractivity contribution in [3.05, 3.63) is 220 Å². The number of ether oxygens (including phenoxy) is 2. The van der Waals surface area contributed by atoms with Crippen LogP contribution in [0.15, 0.2) is 205 Å². The van der Waals surface area contributed by atoms with Crippen molar-refractivity contribution in [2.45, 2.75) is 68.0 Å². The fraction of sp³-hybridized carbons (Fsp3) is 0.171. The molecule has 96 heavy (non-hydrogen) atoms. The molecule has 26 heteroatoms. The number of nitrogens with zero attached hydrogens (tertiary/aromatic N) is 7. The molecule has 15 rings (SSSR count). The van der Waals surface area contributed by atoms with E-state index in [1.54, 1.807) is 48.7 Å². The highest BCUT2D eigenvalue weighted by atomic mass is 35.5. The lowest BCUT2D eigenvalue weighted by molar-refractivity contribution is -0.138. The standard InChI is InChI=1S/C70H60ClN9O16/c71-49-27-38-12-19-55(49)96-56-30-39(11-18-54(56)84)61(69(92)93)80-64(87)51-22-36-8-15-46(16-9-36)95-57-31-41-26-48(62(57)85)37-10-17-47-42(33-73-50(47)28-37)29-53(74-63(86)52(23-35-6-13-43(81)14-7-35)76-70(94)72-21-20-34-4-2-1-3-5-34)65(88)77-59(40-24-44(82)32-45(83)25-40)67(90)79-60(41)68(91)78-58(38)66(89)75-51/h1-19,24-28,30-33,51-53,58-61,73,81-85H,20-23,29H2,(H,74,86)(H,75,89)(H,77,88)(H,78,91)(H,79,90)(H,80,87)(H,92,93)(H2,72,76,94). The van der Waals surface area contributed by atoms with Gasteiger partial charge in [0.15, 0.2) is 47.2 Å². The second-order valence-corrected chi connectivity index (χ2v) is 23.3. The number of aromatic hydroxyl groups is 5. The first-order valence-electron chi connectivity index (χ1n) is 29.9. The maximum Gasteiger partial charge on any atom is 0.333 e. The number of hydrogen-bond donors (Lipinski definition) is 15. The zero-order chi connectivity index (χ0) is 67.5.